The van der Waals surface area contributed by atoms with Crippen LogP contribution in [-0.2, 0) is 12.0 Å². The predicted octanol–water partition coefficient (Wildman–Crippen LogP) is 4.03. The van der Waals surface area contributed by atoms with Crippen LogP contribution in [0.25, 0.3) is 0 Å². The number of nitrogens with one attached hydrogen (secondary N) is 1. The van der Waals surface area contributed by atoms with Gasteiger partial charge in [0.2, 0.25) is 0 Å². The summed E-state index contributed by atoms with van der Waals surface area (Å²) in [6.07, 6.45) is 6.36. The predicted molar refractivity (Wildman–Crippen MR) is 81.6 cm³/mol. The second-order valence-electron chi connectivity index (χ2n) is 6.79. The van der Waals surface area contributed by atoms with Crippen molar-refractivity contribution < 1.29 is 0 Å². The summed E-state index contributed by atoms with van der Waals surface area (Å²) < 4.78 is 0. The van der Waals surface area contributed by atoms with E-state index in [1.54, 1.807) is 0 Å². The van der Waals surface area contributed by atoms with E-state index in [4.69, 9.17) is 4.98 Å². The summed E-state index contributed by atoms with van der Waals surface area (Å²) in [4.78, 5) is 6.37. The molecule has 2 aliphatic carbocycles. The van der Waals surface area contributed by atoms with Crippen molar-refractivity contribution in [3.05, 3.63) is 15.6 Å². The van der Waals surface area contributed by atoms with Gasteiger partial charge in [-0.05, 0) is 50.9 Å². The van der Waals surface area contributed by atoms with Crippen molar-refractivity contribution in [2.24, 2.45) is 11.8 Å². The molecule has 0 amide bonds. The number of rotatable bonds is 5. The number of aromatic nitrogens is 1. The molecule has 1 aromatic heterocycles. The molecule has 2 fully saturated rings. The Bertz CT molecular complexity index is 453. The first-order chi connectivity index (χ1) is 9.04. The minimum absolute atomic E-state index is 0.221. The van der Waals surface area contributed by atoms with Crippen LogP contribution in [0.1, 0.15) is 62.0 Å². The SMILES string of the molecule is CCc1nc(C2(NC3CC3)CC(C(C)C)C2)sc1C. The first-order valence-corrected chi connectivity index (χ1v) is 8.60. The highest BCUT2D eigenvalue weighted by Crippen LogP contribution is 2.51. The van der Waals surface area contributed by atoms with Crippen molar-refractivity contribution in [1.82, 2.24) is 10.3 Å². The highest BCUT2D eigenvalue weighted by atomic mass is 32.1. The summed E-state index contributed by atoms with van der Waals surface area (Å²) in [6, 6.07) is 0.766. The van der Waals surface area contributed by atoms with Gasteiger partial charge in [0.1, 0.15) is 5.01 Å². The Morgan fingerprint density at radius 3 is 2.53 bits per heavy atom. The lowest BCUT2D eigenvalue weighted by molar-refractivity contribution is 0.0655. The Morgan fingerprint density at radius 1 is 1.37 bits per heavy atom. The van der Waals surface area contributed by atoms with Gasteiger partial charge < -0.3 is 5.32 Å². The highest BCUT2D eigenvalue weighted by Gasteiger charge is 2.50. The summed E-state index contributed by atoms with van der Waals surface area (Å²) in [5.41, 5.74) is 1.53. The Kier molecular flexibility index (Phi) is 3.46. The molecule has 0 saturated heterocycles. The Morgan fingerprint density at radius 2 is 2.05 bits per heavy atom. The van der Waals surface area contributed by atoms with Crippen LogP contribution < -0.4 is 5.32 Å². The maximum absolute atomic E-state index is 4.95. The van der Waals surface area contributed by atoms with Crippen molar-refractivity contribution in [3.8, 4) is 0 Å². The smallest absolute Gasteiger partial charge is 0.113 e. The Labute approximate surface area is 121 Å². The molecule has 0 radical (unpaired) electrons. The molecule has 0 aliphatic heterocycles. The number of thiazole rings is 1. The summed E-state index contributed by atoms with van der Waals surface area (Å²) in [6.45, 7) is 9.15. The van der Waals surface area contributed by atoms with E-state index in [0.717, 1.165) is 24.3 Å². The first kappa shape index (κ1) is 13.6. The maximum atomic E-state index is 4.95. The fourth-order valence-electron chi connectivity index (χ4n) is 3.24. The minimum atomic E-state index is 0.221. The molecular formula is C16H26N2S. The Hall–Kier alpha value is -0.410. The van der Waals surface area contributed by atoms with Gasteiger partial charge in [-0.3, -0.25) is 0 Å². The third kappa shape index (κ3) is 2.47. The van der Waals surface area contributed by atoms with Gasteiger partial charge in [-0.2, -0.15) is 0 Å². The average molecular weight is 278 g/mol. The monoisotopic (exact) mass is 278 g/mol. The zero-order chi connectivity index (χ0) is 13.6. The number of aryl methyl sites for hydroxylation is 2. The molecule has 3 heteroatoms. The zero-order valence-electron chi connectivity index (χ0n) is 12.6. The van der Waals surface area contributed by atoms with Crippen LogP contribution in [0, 0.1) is 18.8 Å². The van der Waals surface area contributed by atoms with Gasteiger partial charge in [0, 0.05) is 10.9 Å². The van der Waals surface area contributed by atoms with E-state index in [0.29, 0.717) is 0 Å². The van der Waals surface area contributed by atoms with Gasteiger partial charge in [0.25, 0.3) is 0 Å². The van der Waals surface area contributed by atoms with Gasteiger partial charge in [0.05, 0.1) is 11.2 Å². The van der Waals surface area contributed by atoms with Crippen LogP contribution in [0.4, 0.5) is 0 Å². The van der Waals surface area contributed by atoms with E-state index in [9.17, 15) is 0 Å². The molecule has 1 N–H and O–H groups in total. The maximum Gasteiger partial charge on any atom is 0.113 e. The lowest BCUT2D eigenvalue weighted by Gasteiger charge is -2.49. The minimum Gasteiger partial charge on any atom is -0.303 e. The van der Waals surface area contributed by atoms with Crippen molar-refractivity contribution in [2.45, 2.75) is 71.4 Å². The molecule has 3 rings (SSSR count). The third-order valence-electron chi connectivity index (χ3n) is 4.86. The van der Waals surface area contributed by atoms with Gasteiger partial charge in [0.15, 0.2) is 0 Å². The molecule has 0 atom stereocenters. The van der Waals surface area contributed by atoms with E-state index < -0.39 is 0 Å². The van der Waals surface area contributed by atoms with Crippen LogP contribution in [0.2, 0.25) is 0 Å². The molecule has 106 valence electrons. The van der Waals surface area contributed by atoms with Crippen LogP contribution in [-0.4, -0.2) is 11.0 Å². The summed E-state index contributed by atoms with van der Waals surface area (Å²) >= 11 is 1.93. The van der Waals surface area contributed by atoms with Crippen LogP contribution in [0.3, 0.4) is 0 Å². The second kappa shape index (κ2) is 4.85. The fourth-order valence-corrected chi connectivity index (χ4v) is 4.41. The summed E-state index contributed by atoms with van der Waals surface area (Å²) in [5.74, 6) is 1.68. The molecule has 1 aromatic rings. The van der Waals surface area contributed by atoms with Crippen molar-refractivity contribution in [2.75, 3.05) is 0 Å². The number of nitrogens with zero attached hydrogens (tertiary/aromatic N) is 1. The first-order valence-electron chi connectivity index (χ1n) is 7.78. The third-order valence-corrected chi connectivity index (χ3v) is 6.08. The molecular weight excluding hydrogens is 252 g/mol. The van der Waals surface area contributed by atoms with Crippen molar-refractivity contribution in [1.29, 1.82) is 0 Å². The number of hydrogen-bond donors (Lipinski definition) is 1. The lowest BCUT2D eigenvalue weighted by Crippen LogP contribution is -2.54. The number of hydrogen-bond acceptors (Lipinski definition) is 3. The van der Waals surface area contributed by atoms with Gasteiger partial charge >= 0.3 is 0 Å². The van der Waals surface area contributed by atoms with Gasteiger partial charge in [-0.25, -0.2) is 4.98 Å². The molecule has 0 spiro atoms. The summed E-state index contributed by atoms with van der Waals surface area (Å²) in [7, 11) is 0. The second-order valence-corrected chi connectivity index (χ2v) is 7.99. The topological polar surface area (TPSA) is 24.9 Å². The van der Waals surface area contributed by atoms with Gasteiger partial charge in [-0.1, -0.05) is 20.8 Å². The largest absolute Gasteiger partial charge is 0.303 e. The van der Waals surface area contributed by atoms with E-state index >= 15 is 0 Å². The lowest BCUT2D eigenvalue weighted by atomic mass is 9.64. The molecule has 2 aliphatic rings. The van der Waals surface area contributed by atoms with E-state index in [1.165, 1.54) is 41.3 Å². The molecule has 0 unspecified atom stereocenters. The van der Waals surface area contributed by atoms with E-state index in [1.807, 2.05) is 11.3 Å². The molecule has 0 bridgehead atoms. The molecule has 19 heavy (non-hydrogen) atoms. The molecule has 2 nitrogen and oxygen atoms in total. The van der Waals surface area contributed by atoms with Crippen LogP contribution in [0.5, 0.6) is 0 Å². The Balaban J connectivity index is 1.82. The van der Waals surface area contributed by atoms with Crippen molar-refractivity contribution in [3.63, 3.8) is 0 Å². The standard InChI is InChI=1S/C16H26N2S/c1-5-14-11(4)19-15(17-14)16(18-13-6-7-13)8-12(9-16)10(2)3/h10,12-13,18H,5-9H2,1-4H3. The van der Waals surface area contributed by atoms with E-state index in [-0.39, 0.29) is 5.54 Å². The van der Waals surface area contributed by atoms with E-state index in [2.05, 4.69) is 33.0 Å². The van der Waals surface area contributed by atoms with Crippen molar-refractivity contribution >= 4 is 11.3 Å². The average Bonchev–Trinajstić information content (AvgIpc) is 3.04. The summed E-state index contributed by atoms with van der Waals surface area (Å²) in [5, 5.41) is 5.28. The van der Waals surface area contributed by atoms with Crippen LogP contribution in [0.15, 0.2) is 0 Å². The normalized spacial score (nSPS) is 30.7. The molecule has 0 aromatic carbocycles. The molecule has 1 heterocycles. The highest BCUT2D eigenvalue weighted by molar-refractivity contribution is 7.11. The van der Waals surface area contributed by atoms with Crippen LogP contribution >= 0.6 is 11.3 Å². The zero-order valence-corrected chi connectivity index (χ0v) is 13.4. The quantitative estimate of drug-likeness (QED) is 0.879. The fraction of sp³-hybridized carbons (Fsp3) is 0.812. The molecule has 2 saturated carbocycles. The van der Waals surface area contributed by atoms with Gasteiger partial charge in [-0.15, -0.1) is 11.3 Å².